The topological polar surface area (TPSA) is 87.8 Å². The highest BCUT2D eigenvalue weighted by Crippen LogP contribution is 2.37. The van der Waals surface area contributed by atoms with Gasteiger partial charge < -0.3 is 24.3 Å². The molecule has 0 amide bonds. The molecule has 1 atom stereocenters. The van der Waals surface area contributed by atoms with Gasteiger partial charge in [-0.05, 0) is 62.2 Å². The van der Waals surface area contributed by atoms with Gasteiger partial charge in [0.2, 0.25) is 5.88 Å². The number of rotatable bonds is 5. The Bertz CT molecular complexity index is 1770. The molecule has 2 aliphatic heterocycles. The van der Waals surface area contributed by atoms with Gasteiger partial charge >= 0.3 is 7.12 Å². The summed E-state index contributed by atoms with van der Waals surface area (Å²) < 4.78 is 54.2. The summed E-state index contributed by atoms with van der Waals surface area (Å²) >= 11 is 6.24. The van der Waals surface area contributed by atoms with Crippen molar-refractivity contribution in [3.8, 4) is 11.3 Å². The van der Waals surface area contributed by atoms with Gasteiger partial charge in [0.1, 0.15) is 16.6 Å². The Hall–Kier alpha value is -3.54. The van der Waals surface area contributed by atoms with Gasteiger partial charge in [0.25, 0.3) is 5.92 Å². The maximum atomic E-state index is 15.0. The molecule has 4 aromatic rings. The van der Waals surface area contributed by atoms with Crippen LogP contribution in [0, 0.1) is 19.7 Å². The van der Waals surface area contributed by atoms with Gasteiger partial charge in [-0.25, -0.2) is 18.2 Å². The first-order valence-corrected chi connectivity index (χ1v) is 14.1. The summed E-state index contributed by atoms with van der Waals surface area (Å²) in [6.07, 6.45) is -0.624. The first-order valence-electron chi connectivity index (χ1n) is 13.7. The number of hydrogen-bond donors (Lipinski definition) is 2. The predicted octanol–water partition coefficient (Wildman–Crippen LogP) is 5.89. The third-order valence-electron chi connectivity index (χ3n) is 7.98. The summed E-state index contributed by atoms with van der Waals surface area (Å²) in [4.78, 5) is 19.7. The summed E-state index contributed by atoms with van der Waals surface area (Å²) in [5.74, 6) is -3.05. The van der Waals surface area contributed by atoms with E-state index in [9.17, 15) is 23.0 Å². The molecule has 6 rings (SSSR count). The number of halogens is 4. The van der Waals surface area contributed by atoms with Crippen LogP contribution in [0.4, 0.5) is 24.7 Å². The number of nitrogens with one attached hydrogen (secondary N) is 1. The van der Waals surface area contributed by atoms with Gasteiger partial charge in [-0.2, -0.15) is 0 Å². The molecule has 0 saturated carbocycles. The van der Waals surface area contributed by atoms with Crippen LogP contribution in [0.25, 0.3) is 22.2 Å². The standard InChI is InChI=1S/C30H28BClF3N3O4/c1-15-10-20(28-21(11-15)27(39)16(2)29(42-28)38-8-6-30(34,35)7-9-38)17(3)36-23-4-5-24(32)37-26(23)18-12-19-14-41-31(40)25(19)22(33)13-18/h4-5,10-13,17,36,40H,6-9,14H2,1-3H3/t17-/m0/s1. The summed E-state index contributed by atoms with van der Waals surface area (Å²) in [6, 6.07) is 9.57. The lowest BCUT2D eigenvalue weighted by molar-refractivity contribution is -0.0225. The number of aryl methyl sites for hydroxylation is 1. The van der Waals surface area contributed by atoms with Crippen LogP contribution in [-0.4, -0.2) is 36.1 Å². The molecule has 42 heavy (non-hydrogen) atoms. The van der Waals surface area contributed by atoms with Crippen LogP contribution in [0.5, 0.6) is 0 Å². The van der Waals surface area contributed by atoms with Gasteiger partial charge in [0.15, 0.2) is 5.43 Å². The molecule has 1 fully saturated rings. The van der Waals surface area contributed by atoms with Crippen LogP contribution >= 0.6 is 11.6 Å². The van der Waals surface area contributed by atoms with Crippen molar-refractivity contribution in [3.05, 3.63) is 79.8 Å². The second-order valence-electron chi connectivity index (χ2n) is 11.0. The lowest BCUT2D eigenvalue weighted by atomic mass is 9.78. The molecule has 0 aliphatic carbocycles. The van der Waals surface area contributed by atoms with E-state index in [1.54, 1.807) is 36.1 Å². The van der Waals surface area contributed by atoms with Crippen molar-refractivity contribution < 1.29 is 27.3 Å². The maximum Gasteiger partial charge on any atom is 0.494 e. The molecule has 2 aromatic carbocycles. The first kappa shape index (κ1) is 28.6. The number of hydrogen-bond acceptors (Lipinski definition) is 7. The molecule has 4 heterocycles. The fourth-order valence-corrected chi connectivity index (χ4v) is 5.91. The Morgan fingerprint density at radius 2 is 1.90 bits per heavy atom. The molecule has 2 N–H and O–H groups in total. The molecular formula is C30H28BClF3N3O4. The third-order valence-corrected chi connectivity index (χ3v) is 8.19. The summed E-state index contributed by atoms with van der Waals surface area (Å²) in [7, 11) is -1.32. The highest BCUT2D eigenvalue weighted by Gasteiger charge is 2.36. The normalized spacial score (nSPS) is 17.0. The van der Waals surface area contributed by atoms with Crippen molar-refractivity contribution >= 4 is 46.7 Å². The summed E-state index contributed by atoms with van der Waals surface area (Å²) in [5, 5.41) is 14.0. The minimum Gasteiger partial charge on any atom is -0.440 e. The van der Waals surface area contributed by atoms with Crippen molar-refractivity contribution in [2.24, 2.45) is 0 Å². The van der Waals surface area contributed by atoms with Crippen molar-refractivity contribution in [1.29, 1.82) is 0 Å². The van der Waals surface area contributed by atoms with Gasteiger partial charge in [0.05, 0.1) is 35.0 Å². The van der Waals surface area contributed by atoms with E-state index in [1.807, 2.05) is 19.9 Å². The lowest BCUT2D eigenvalue weighted by Gasteiger charge is -2.33. The fraction of sp³-hybridized carbons (Fsp3) is 0.333. The van der Waals surface area contributed by atoms with E-state index in [2.05, 4.69) is 10.3 Å². The molecule has 0 radical (unpaired) electrons. The summed E-state index contributed by atoms with van der Waals surface area (Å²) in [6.45, 7) is 5.65. The Kier molecular flexibility index (Phi) is 7.23. The van der Waals surface area contributed by atoms with E-state index in [0.29, 0.717) is 50.5 Å². The minimum atomic E-state index is -2.73. The Morgan fingerprint density at radius 1 is 1.17 bits per heavy atom. The second-order valence-corrected chi connectivity index (χ2v) is 11.4. The van der Waals surface area contributed by atoms with Gasteiger partial charge in [0, 0.05) is 42.5 Å². The second kappa shape index (κ2) is 10.6. The van der Waals surface area contributed by atoms with Crippen LogP contribution in [0.1, 0.15) is 48.1 Å². The molecule has 0 bridgehead atoms. The van der Waals surface area contributed by atoms with Crippen molar-refractivity contribution in [2.75, 3.05) is 23.3 Å². The van der Waals surface area contributed by atoms with E-state index in [1.165, 1.54) is 6.07 Å². The van der Waals surface area contributed by atoms with Gasteiger partial charge in [-0.1, -0.05) is 17.7 Å². The molecular weight excluding hydrogens is 570 g/mol. The quantitative estimate of drug-likeness (QED) is 0.219. The number of nitrogens with zero attached hydrogens (tertiary/aromatic N) is 2. The van der Waals surface area contributed by atoms with E-state index in [4.69, 9.17) is 20.7 Å². The number of benzene rings is 2. The Morgan fingerprint density at radius 3 is 2.64 bits per heavy atom. The number of pyridine rings is 1. The average molecular weight is 598 g/mol. The zero-order chi connectivity index (χ0) is 29.9. The molecule has 12 heteroatoms. The smallest absolute Gasteiger partial charge is 0.440 e. The number of piperidine rings is 1. The zero-order valence-corrected chi connectivity index (χ0v) is 24.0. The van der Waals surface area contributed by atoms with Crippen LogP contribution in [0.3, 0.4) is 0 Å². The van der Waals surface area contributed by atoms with Gasteiger partial charge in [-0.15, -0.1) is 0 Å². The third kappa shape index (κ3) is 5.14. The van der Waals surface area contributed by atoms with Crippen molar-refractivity contribution in [3.63, 3.8) is 0 Å². The first-order chi connectivity index (χ1) is 19.9. The number of anilines is 2. The lowest BCUT2D eigenvalue weighted by Crippen LogP contribution is -2.40. The van der Waals surface area contributed by atoms with Crippen molar-refractivity contribution in [1.82, 2.24) is 4.98 Å². The zero-order valence-electron chi connectivity index (χ0n) is 23.2. The number of fused-ring (bicyclic) bond motifs is 2. The van der Waals surface area contributed by atoms with Gasteiger partial charge in [-0.3, -0.25) is 4.79 Å². The molecule has 218 valence electrons. The molecule has 0 spiro atoms. The fourth-order valence-electron chi connectivity index (χ4n) is 5.76. The van der Waals surface area contributed by atoms with E-state index in [0.717, 1.165) is 5.56 Å². The molecule has 2 aliphatic rings. The number of alkyl halides is 2. The number of aromatic nitrogens is 1. The Balaban J connectivity index is 1.41. The maximum absolute atomic E-state index is 15.0. The van der Waals surface area contributed by atoms with E-state index < -0.39 is 24.9 Å². The average Bonchev–Trinajstić information content (AvgIpc) is 3.32. The summed E-state index contributed by atoms with van der Waals surface area (Å²) in [5.41, 5.74) is 4.06. The molecule has 7 nitrogen and oxygen atoms in total. The van der Waals surface area contributed by atoms with Crippen LogP contribution < -0.4 is 21.1 Å². The van der Waals surface area contributed by atoms with Crippen LogP contribution in [0.2, 0.25) is 5.15 Å². The highest BCUT2D eigenvalue weighted by atomic mass is 35.5. The van der Waals surface area contributed by atoms with E-state index in [-0.39, 0.29) is 48.6 Å². The predicted molar refractivity (Wildman–Crippen MR) is 157 cm³/mol. The largest absolute Gasteiger partial charge is 0.494 e. The monoisotopic (exact) mass is 597 g/mol. The molecule has 2 aromatic heterocycles. The molecule has 1 saturated heterocycles. The van der Waals surface area contributed by atoms with Crippen molar-refractivity contribution in [2.45, 2.75) is 52.2 Å². The van der Waals surface area contributed by atoms with E-state index >= 15 is 0 Å². The highest BCUT2D eigenvalue weighted by molar-refractivity contribution is 6.61. The van der Waals surface area contributed by atoms with Crippen LogP contribution in [-0.2, 0) is 11.3 Å². The van der Waals surface area contributed by atoms with Crippen LogP contribution in [0.15, 0.2) is 45.6 Å². The Labute approximate surface area is 245 Å². The SMILES string of the molecule is Cc1cc([C@H](C)Nc2ccc(Cl)nc2-c2cc(F)c3c(c2)COB3O)c2oc(N3CCC(F)(F)CC3)c(C)c(=O)c2c1. The minimum absolute atomic E-state index is 0.0612. The molecule has 0 unspecified atom stereocenters.